The van der Waals surface area contributed by atoms with Gasteiger partial charge in [-0.05, 0) is 42.0 Å². The summed E-state index contributed by atoms with van der Waals surface area (Å²) in [5.74, 6) is -0.240. The SMILES string of the molecule is O=C(NC1(c2ccc(OC(F)(F)F)cc2)CCOc2cccnc21)c1ccc2nccn2c1.O=CO. The maximum absolute atomic E-state index is 13.3. The summed E-state index contributed by atoms with van der Waals surface area (Å²) in [4.78, 5) is 30.3. The zero-order chi connectivity index (χ0) is 25.8. The summed E-state index contributed by atoms with van der Waals surface area (Å²) >= 11 is 0. The van der Waals surface area contributed by atoms with Crippen molar-refractivity contribution >= 4 is 18.0 Å². The number of benzene rings is 1. The van der Waals surface area contributed by atoms with Crippen molar-refractivity contribution in [1.29, 1.82) is 0 Å². The second-order valence-corrected chi connectivity index (χ2v) is 7.60. The van der Waals surface area contributed by atoms with Gasteiger partial charge in [0, 0.05) is 31.2 Å². The number of pyridine rings is 2. The molecule has 1 aliphatic heterocycles. The van der Waals surface area contributed by atoms with Crippen molar-refractivity contribution in [3.05, 3.63) is 90.1 Å². The van der Waals surface area contributed by atoms with Gasteiger partial charge in [-0.15, -0.1) is 13.2 Å². The average Bonchev–Trinajstić information content (AvgIpc) is 3.32. The first-order chi connectivity index (χ1) is 17.3. The van der Waals surface area contributed by atoms with Crippen LogP contribution in [0.1, 0.15) is 28.0 Å². The molecule has 186 valence electrons. The Hall–Kier alpha value is -4.61. The Morgan fingerprint density at radius 3 is 2.61 bits per heavy atom. The molecule has 0 saturated carbocycles. The summed E-state index contributed by atoms with van der Waals surface area (Å²) in [6, 6.07) is 12.2. The Bertz CT molecular complexity index is 1370. The van der Waals surface area contributed by atoms with Crippen LogP contribution in [0.4, 0.5) is 13.2 Å². The van der Waals surface area contributed by atoms with Gasteiger partial charge in [0.25, 0.3) is 12.4 Å². The van der Waals surface area contributed by atoms with Crippen LogP contribution in [0.15, 0.2) is 73.3 Å². The Labute approximate surface area is 202 Å². The van der Waals surface area contributed by atoms with Gasteiger partial charge in [0.15, 0.2) is 0 Å². The van der Waals surface area contributed by atoms with Crippen molar-refractivity contribution in [2.45, 2.75) is 18.3 Å². The third-order valence-corrected chi connectivity index (χ3v) is 5.47. The number of alkyl halides is 3. The minimum atomic E-state index is -4.80. The number of rotatable bonds is 4. The van der Waals surface area contributed by atoms with Crippen LogP contribution in [0.25, 0.3) is 5.65 Å². The summed E-state index contributed by atoms with van der Waals surface area (Å²) in [7, 11) is 0. The second kappa shape index (κ2) is 9.94. The molecule has 5 rings (SSSR count). The minimum absolute atomic E-state index is 0.250. The molecule has 1 amide bonds. The number of amides is 1. The standard InChI is InChI=1S/C23H17F3N4O3.CH2O2/c24-23(25,26)33-17-6-4-16(5-7-17)22(9-13-32-18-2-1-10-28-20(18)22)29-21(31)15-3-8-19-27-11-12-30(19)14-15;2-1-3/h1-8,10-12,14H,9,13H2,(H,29,31);1H,(H,2,3). The summed E-state index contributed by atoms with van der Waals surface area (Å²) in [5.41, 5.74) is 0.989. The molecule has 0 spiro atoms. The predicted octanol–water partition coefficient (Wildman–Crippen LogP) is 3.78. The van der Waals surface area contributed by atoms with E-state index >= 15 is 0 Å². The van der Waals surface area contributed by atoms with Crippen LogP contribution < -0.4 is 14.8 Å². The molecule has 0 saturated heterocycles. The number of nitrogens with one attached hydrogen (secondary N) is 1. The molecule has 12 heteroatoms. The van der Waals surface area contributed by atoms with Gasteiger partial charge in [0.1, 0.15) is 28.4 Å². The number of carbonyl (C=O) groups excluding carboxylic acids is 1. The first-order valence-corrected chi connectivity index (χ1v) is 10.5. The molecule has 1 aromatic carbocycles. The van der Waals surface area contributed by atoms with Crippen molar-refractivity contribution in [2.75, 3.05) is 6.61 Å². The molecular formula is C24H19F3N4O5. The van der Waals surface area contributed by atoms with Crippen LogP contribution in [-0.4, -0.2) is 44.8 Å². The van der Waals surface area contributed by atoms with E-state index in [1.807, 2.05) is 0 Å². The molecule has 0 aliphatic carbocycles. The third kappa shape index (κ3) is 5.06. The minimum Gasteiger partial charge on any atom is -0.491 e. The lowest BCUT2D eigenvalue weighted by molar-refractivity contribution is -0.274. The summed E-state index contributed by atoms with van der Waals surface area (Å²) in [6.07, 6.45) is 2.12. The van der Waals surface area contributed by atoms with Crippen molar-refractivity contribution in [1.82, 2.24) is 19.7 Å². The highest BCUT2D eigenvalue weighted by atomic mass is 19.4. The van der Waals surface area contributed by atoms with E-state index in [9.17, 15) is 18.0 Å². The molecule has 2 N–H and O–H groups in total. The lowest BCUT2D eigenvalue weighted by Crippen LogP contribution is -2.50. The highest BCUT2D eigenvalue weighted by Crippen LogP contribution is 2.41. The smallest absolute Gasteiger partial charge is 0.491 e. The summed E-state index contributed by atoms with van der Waals surface area (Å²) in [6.45, 7) is 0.0281. The zero-order valence-electron chi connectivity index (χ0n) is 18.5. The Kier molecular flexibility index (Phi) is 6.77. The highest BCUT2D eigenvalue weighted by molar-refractivity contribution is 5.95. The number of imidazole rings is 1. The zero-order valence-corrected chi connectivity index (χ0v) is 18.5. The molecule has 1 aliphatic rings. The normalized spacial score (nSPS) is 16.6. The third-order valence-electron chi connectivity index (χ3n) is 5.47. The van der Waals surface area contributed by atoms with E-state index in [0.29, 0.717) is 34.6 Å². The molecule has 0 radical (unpaired) electrons. The molecule has 9 nitrogen and oxygen atoms in total. The van der Waals surface area contributed by atoms with Gasteiger partial charge < -0.3 is 24.3 Å². The number of hydrogen-bond acceptors (Lipinski definition) is 6. The van der Waals surface area contributed by atoms with Crippen LogP contribution in [0.2, 0.25) is 0 Å². The van der Waals surface area contributed by atoms with Crippen LogP contribution in [0.3, 0.4) is 0 Å². The van der Waals surface area contributed by atoms with E-state index in [2.05, 4.69) is 20.0 Å². The first kappa shape index (κ1) is 24.5. The van der Waals surface area contributed by atoms with Crippen molar-refractivity contribution in [2.24, 2.45) is 0 Å². The van der Waals surface area contributed by atoms with E-state index in [-0.39, 0.29) is 24.7 Å². The van der Waals surface area contributed by atoms with E-state index in [0.717, 1.165) is 0 Å². The number of carboxylic acid groups (broad SMARTS) is 1. The lowest BCUT2D eigenvalue weighted by Gasteiger charge is -2.39. The molecule has 1 atom stereocenters. The predicted molar refractivity (Wildman–Crippen MR) is 120 cm³/mol. The van der Waals surface area contributed by atoms with E-state index in [1.165, 1.54) is 24.3 Å². The number of halogens is 3. The van der Waals surface area contributed by atoms with E-state index < -0.39 is 11.9 Å². The maximum Gasteiger partial charge on any atom is 0.573 e. The number of hydrogen-bond donors (Lipinski definition) is 2. The molecule has 1 unspecified atom stereocenters. The van der Waals surface area contributed by atoms with Crippen LogP contribution >= 0.6 is 0 Å². The topological polar surface area (TPSA) is 115 Å². The molecule has 0 fully saturated rings. The first-order valence-electron chi connectivity index (χ1n) is 10.5. The van der Waals surface area contributed by atoms with Gasteiger partial charge in [-0.25, -0.2) is 4.98 Å². The molecule has 0 bridgehead atoms. The number of ether oxygens (including phenoxy) is 2. The van der Waals surface area contributed by atoms with Crippen molar-refractivity contribution in [3.8, 4) is 11.5 Å². The average molecular weight is 500 g/mol. The quantitative estimate of drug-likeness (QED) is 0.410. The van der Waals surface area contributed by atoms with Crippen LogP contribution in [-0.2, 0) is 10.3 Å². The number of nitrogens with zero attached hydrogens (tertiary/aromatic N) is 3. The summed E-state index contributed by atoms with van der Waals surface area (Å²) in [5, 5.41) is 9.96. The molecule has 4 heterocycles. The second-order valence-electron chi connectivity index (χ2n) is 7.60. The fourth-order valence-electron chi connectivity index (χ4n) is 4.00. The van der Waals surface area contributed by atoms with Crippen LogP contribution in [0, 0.1) is 0 Å². The Balaban J connectivity index is 0.000000967. The fourth-order valence-corrected chi connectivity index (χ4v) is 4.00. The van der Waals surface area contributed by atoms with Gasteiger partial charge >= 0.3 is 6.36 Å². The van der Waals surface area contributed by atoms with Gasteiger partial charge in [-0.2, -0.15) is 0 Å². The van der Waals surface area contributed by atoms with Crippen molar-refractivity contribution in [3.63, 3.8) is 0 Å². The number of fused-ring (bicyclic) bond motifs is 2. The van der Waals surface area contributed by atoms with Gasteiger partial charge in [0.05, 0.1) is 12.2 Å². The maximum atomic E-state index is 13.3. The van der Waals surface area contributed by atoms with Gasteiger partial charge in [0.2, 0.25) is 0 Å². The van der Waals surface area contributed by atoms with E-state index in [4.69, 9.17) is 14.6 Å². The van der Waals surface area contributed by atoms with Crippen molar-refractivity contribution < 1.29 is 37.3 Å². The Morgan fingerprint density at radius 1 is 1.14 bits per heavy atom. The number of aromatic nitrogens is 3. The summed E-state index contributed by atoms with van der Waals surface area (Å²) < 4.78 is 49.3. The van der Waals surface area contributed by atoms with Gasteiger partial charge in [-0.3, -0.25) is 14.6 Å². The Morgan fingerprint density at radius 2 is 1.89 bits per heavy atom. The fraction of sp³-hybridized carbons (Fsp3) is 0.167. The molecule has 4 aromatic rings. The lowest BCUT2D eigenvalue weighted by atomic mass is 9.81. The molecule has 36 heavy (non-hydrogen) atoms. The van der Waals surface area contributed by atoms with Gasteiger partial charge in [-0.1, -0.05) is 12.1 Å². The van der Waals surface area contributed by atoms with E-state index in [1.54, 1.807) is 53.5 Å². The highest BCUT2D eigenvalue weighted by Gasteiger charge is 2.43. The monoisotopic (exact) mass is 500 g/mol. The largest absolute Gasteiger partial charge is 0.573 e. The van der Waals surface area contributed by atoms with Crippen LogP contribution in [0.5, 0.6) is 11.5 Å². The molecule has 3 aromatic heterocycles. The molecular weight excluding hydrogens is 481 g/mol. The number of carbonyl (C=O) groups is 2.